The van der Waals surface area contributed by atoms with Gasteiger partial charge in [-0.05, 0) is 20.4 Å². The highest BCUT2D eigenvalue weighted by Crippen LogP contribution is 2.07. The fourth-order valence-electron chi connectivity index (χ4n) is 1.19. The van der Waals surface area contributed by atoms with E-state index in [0.29, 0.717) is 6.54 Å². The molecule has 6 nitrogen and oxygen atoms in total. The summed E-state index contributed by atoms with van der Waals surface area (Å²) in [6.07, 6.45) is 0. The van der Waals surface area contributed by atoms with Crippen LogP contribution in [0.25, 0.3) is 0 Å². The van der Waals surface area contributed by atoms with E-state index in [2.05, 4.69) is 10.6 Å². The Bertz CT molecular complexity index is 219. The Kier molecular flexibility index (Phi) is 5.88. The van der Waals surface area contributed by atoms with Crippen LogP contribution in [0.1, 0.15) is 20.8 Å². The molecule has 0 bridgehead atoms. The van der Waals surface area contributed by atoms with Crippen molar-refractivity contribution in [2.75, 3.05) is 26.4 Å². The van der Waals surface area contributed by atoms with Crippen molar-refractivity contribution in [3.05, 3.63) is 0 Å². The molecule has 96 valence electrons. The molecule has 0 saturated heterocycles. The normalized spacial score (nSPS) is 12.6. The van der Waals surface area contributed by atoms with Crippen molar-refractivity contribution in [2.45, 2.75) is 31.8 Å². The third kappa shape index (κ3) is 3.71. The molecule has 6 heteroatoms. The Balaban J connectivity index is 4.63. The summed E-state index contributed by atoms with van der Waals surface area (Å²) in [5.74, 6) is -0.383. The summed E-state index contributed by atoms with van der Waals surface area (Å²) in [5.41, 5.74) is -2.19. The lowest BCUT2D eigenvalue weighted by molar-refractivity contribution is -0.130. The number of amides is 1. The average molecular weight is 234 g/mol. The van der Waals surface area contributed by atoms with E-state index in [-0.39, 0.29) is 5.91 Å². The fourth-order valence-corrected chi connectivity index (χ4v) is 1.19. The molecule has 0 aromatic rings. The zero-order valence-corrected chi connectivity index (χ0v) is 10.1. The molecule has 0 saturated carbocycles. The van der Waals surface area contributed by atoms with Crippen LogP contribution in [0.15, 0.2) is 0 Å². The Morgan fingerprint density at radius 3 is 1.88 bits per heavy atom. The van der Waals surface area contributed by atoms with Gasteiger partial charge in [0.25, 0.3) is 0 Å². The monoisotopic (exact) mass is 234 g/mol. The van der Waals surface area contributed by atoms with Gasteiger partial charge in [-0.15, -0.1) is 0 Å². The van der Waals surface area contributed by atoms with Gasteiger partial charge >= 0.3 is 0 Å². The maximum absolute atomic E-state index is 11.8. The van der Waals surface area contributed by atoms with E-state index in [0.717, 1.165) is 0 Å². The van der Waals surface area contributed by atoms with Crippen LogP contribution in [-0.4, -0.2) is 58.7 Å². The first-order chi connectivity index (χ1) is 7.37. The predicted octanol–water partition coefficient (Wildman–Crippen LogP) is -1.79. The second-order valence-corrected chi connectivity index (χ2v) is 4.36. The van der Waals surface area contributed by atoms with Crippen LogP contribution in [0.5, 0.6) is 0 Å². The molecule has 1 amide bonds. The first kappa shape index (κ1) is 15.3. The molecule has 0 aliphatic heterocycles. The molecule has 0 aromatic carbocycles. The molecule has 0 radical (unpaired) electrons. The van der Waals surface area contributed by atoms with E-state index in [1.807, 2.05) is 6.92 Å². The molecule has 0 spiro atoms. The Hall–Kier alpha value is -0.690. The highest BCUT2D eigenvalue weighted by Gasteiger charge is 2.35. The Morgan fingerprint density at radius 1 is 1.12 bits per heavy atom. The summed E-state index contributed by atoms with van der Waals surface area (Å²) in [7, 11) is 0. The van der Waals surface area contributed by atoms with E-state index in [4.69, 9.17) is 15.3 Å². The van der Waals surface area contributed by atoms with Gasteiger partial charge in [0.2, 0.25) is 5.91 Å². The summed E-state index contributed by atoms with van der Waals surface area (Å²) >= 11 is 0. The number of likely N-dealkylation sites (N-methyl/N-ethyl adjacent to an activating group) is 1. The number of aliphatic hydroxyl groups is 3. The SMILES string of the molecule is CCNC(C)(C)C(=O)NC(CO)(CO)CO. The maximum atomic E-state index is 11.8. The lowest BCUT2D eigenvalue weighted by atomic mass is 9.98. The van der Waals surface area contributed by atoms with Crippen LogP contribution < -0.4 is 10.6 Å². The smallest absolute Gasteiger partial charge is 0.240 e. The van der Waals surface area contributed by atoms with Crippen molar-refractivity contribution < 1.29 is 20.1 Å². The molecule has 0 unspecified atom stereocenters. The van der Waals surface area contributed by atoms with Crippen molar-refractivity contribution in [1.82, 2.24) is 10.6 Å². The summed E-state index contributed by atoms with van der Waals surface area (Å²) in [5, 5.41) is 32.6. The number of aliphatic hydroxyl groups excluding tert-OH is 3. The summed E-state index contributed by atoms with van der Waals surface area (Å²) < 4.78 is 0. The summed E-state index contributed by atoms with van der Waals surface area (Å²) in [6, 6.07) is 0. The minimum atomic E-state index is -1.37. The number of nitrogens with one attached hydrogen (secondary N) is 2. The van der Waals surface area contributed by atoms with Gasteiger partial charge in [-0.25, -0.2) is 0 Å². The molecule has 0 atom stereocenters. The van der Waals surface area contributed by atoms with Crippen LogP contribution in [-0.2, 0) is 4.79 Å². The quantitative estimate of drug-likeness (QED) is 0.358. The molecule has 0 aromatic heterocycles. The van der Waals surface area contributed by atoms with Gasteiger partial charge in [-0.2, -0.15) is 0 Å². The van der Waals surface area contributed by atoms with Crippen molar-refractivity contribution in [3.63, 3.8) is 0 Å². The molecule has 5 N–H and O–H groups in total. The Labute approximate surface area is 95.7 Å². The largest absolute Gasteiger partial charge is 0.394 e. The average Bonchev–Trinajstić information content (AvgIpc) is 2.25. The van der Waals surface area contributed by atoms with E-state index in [1.165, 1.54) is 0 Å². The molecule has 16 heavy (non-hydrogen) atoms. The van der Waals surface area contributed by atoms with E-state index >= 15 is 0 Å². The van der Waals surface area contributed by atoms with Crippen molar-refractivity contribution in [3.8, 4) is 0 Å². The lowest BCUT2D eigenvalue weighted by Crippen LogP contribution is -2.63. The molecule has 0 aliphatic rings. The molecule has 0 aliphatic carbocycles. The van der Waals surface area contributed by atoms with Gasteiger partial charge in [-0.1, -0.05) is 6.92 Å². The third-order valence-corrected chi connectivity index (χ3v) is 2.47. The van der Waals surface area contributed by atoms with Crippen LogP contribution in [0, 0.1) is 0 Å². The van der Waals surface area contributed by atoms with Crippen LogP contribution in [0.3, 0.4) is 0 Å². The number of carbonyl (C=O) groups is 1. The van der Waals surface area contributed by atoms with Gasteiger partial charge in [-0.3, -0.25) is 4.79 Å². The molecular weight excluding hydrogens is 212 g/mol. The third-order valence-electron chi connectivity index (χ3n) is 2.47. The zero-order valence-electron chi connectivity index (χ0n) is 10.1. The van der Waals surface area contributed by atoms with Gasteiger partial charge in [0.05, 0.1) is 25.4 Å². The van der Waals surface area contributed by atoms with Gasteiger partial charge in [0.15, 0.2) is 0 Å². The molecular formula is C10H22N2O4. The first-order valence-corrected chi connectivity index (χ1v) is 5.27. The lowest BCUT2D eigenvalue weighted by Gasteiger charge is -2.33. The standard InChI is InChI=1S/C10H22N2O4/c1-4-11-9(2,3)8(16)12-10(5-13,6-14)7-15/h11,13-15H,4-7H2,1-3H3,(H,12,16). The van der Waals surface area contributed by atoms with Gasteiger partial charge < -0.3 is 26.0 Å². The highest BCUT2D eigenvalue weighted by molar-refractivity contribution is 5.86. The number of hydrogen-bond donors (Lipinski definition) is 5. The van der Waals surface area contributed by atoms with E-state index in [1.54, 1.807) is 13.8 Å². The first-order valence-electron chi connectivity index (χ1n) is 5.27. The Morgan fingerprint density at radius 2 is 1.56 bits per heavy atom. The minimum absolute atomic E-state index is 0.383. The molecule has 0 rings (SSSR count). The van der Waals surface area contributed by atoms with Crippen molar-refractivity contribution >= 4 is 5.91 Å². The van der Waals surface area contributed by atoms with Crippen molar-refractivity contribution in [2.24, 2.45) is 0 Å². The number of hydrogen-bond acceptors (Lipinski definition) is 5. The number of rotatable bonds is 7. The molecule has 0 heterocycles. The van der Waals surface area contributed by atoms with Crippen LogP contribution in [0.2, 0.25) is 0 Å². The minimum Gasteiger partial charge on any atom is -0.394 e. The van der Waals surface area contributed by atoms with Crippen LogP contribution in [0.4, 0.5) is 0 Å². The van der Waals surface area contributed by atoms with Crippen LogP contribution >= 0.6 is 0 Å². The fraction of sp³-hybridized carbons (Fsp3) is 0.900. The van der Waals surface area contributed by atoms with Gasteiger partial charge in [0, 0.05) is 0 Å². The van der Waals surface area contributed by atoms with E-state index < -0.39 is 30.9 Å². The van der Waals surface area contributed by atoms with Gasteiger partial charge in [0.1, 0.15) is 5.54 Å². The second kappa shape index (κ2) is 6.15. The maximum Gasteiger partial charge on any atom is 0.240 e. The number of carbonyl (C=O) groups excluding carboxylic acids is 1. The predicted molar refractivity (Wildman–Crippen MR) is 59.9 cm³/mol. The second-order valence-electron chi connectivity index (χ2n) is 4.36. The zero-order chi connectivity index (χ0) is 12.8. The summed E-state index contributed by atoms with van der Waals surface area (Å²) in [4.78, 5) is 11.8. The topological polar surface area (TPSA) is 102 Å². The van der Waals surface area contributed by atoms with Crippen molar-refractivity contribution in [1.29, 1.82) is 0 Å². The van der Waals surface area contributed by atoms with E-state index in [9.17, 15) is 4.79 Å². The summed E-state index contributed by atoms with van der Waals surface area (Å²) in [6.45, 7) is 4.29. The highest BCUT2D eigenvalue weighted by atomic mass is 16.3. The molecule has 0 fully saturated rings.